The first-order chi connectivity index (χ1) is 8.16. The molecule has 17 heavy (non-hydrogen) atoms. The van der Waals surface area contributed by atoms with Crippen molar-refractivity contribution in [3.63, 3.8) is 0 Å². The van der Waals surface area contributed by atoms with Crippen molar-refractivity contribution in [1.82, 2.24) is 4.90 Å². The lowest BCUT2D eigenvalue weighted by molar-refractivity contribution is 0.115. The van der Waals surface area contributed by atoms with Gasteiger partial charge in [0.15, 0.2) is 0 Å². The number of primary amides is 1. The molecule has 2 rings (SSSR count). The monoisotopic (exact) mass is 235 g/mol. The molecule has 0 bridgehead atoms. The van der Waals surface area contributed by atoms with Crippen LogP contribution in [0.4, 0.5) is 10.5 Å². The van der Waals surface area contributed by atoms with Gasteiger partial charge >= 0.3 is 6.03 Å². The number of ether oxygens (including phenoxy) is 1. The Balaban J connectivity index is 1.90. The summed E-state index contributed by atoms with van der Waals surface area (Å²) in [6.07, 6.45) is 1.68. The third-order valence-electron chi connectivity index (χ3n) is 2.97. The summed E-state index contributed by atoms with van der Waals surface area (Å²) in [4.78, 5) is 12.6. The summed E-state index contributed by atoms with van der Waals surface area (Å²) in [6.45, 7) is 1.29. The number of nitrogen functional groups attached to an aromatic ring is 1. The number of carbonyl (C=O) groups excluding carboxylic acids is 1. The highest BCUT2D eigenvalue weighted by molar-refractivity contribution is 5.72. The number of likely N-dealkylation sites (tertiary alicyclic amines) is 1. The summed E-state index contributed by atoms with van der Waals surface area (Å²) in [6, 6.07) is 7.08. The fourth-order valence-corrected chi connectivity index (χ4v) is 1.96. The minimum absolute atomic E-state index is 0.107. The second-order valence-electron chi connectivity index (χ2n) is 4.18. The first-order valence-electron chi connectivity index (χ1n) is 5.72. The Morgan fingerprint density at radius 3 is 2.53 bits per heavy atom. The number of anilines is 1. The molecule has 1 aromatic rings. The molecule has 2 amide bonds. The Morgan fingerprint density at radius 2 is 1.94 bits per heavy atom. The van der Waals surface area contributed by atoms with Crippen LogP contribution in [0.5, 0.6) is 5.75 Å². The SMILES string of the molecule is NC(=O)N1CCC(Oc2ccccc2N)CC1. The third-order valence-corrected chi connectivity index (χ3v) is 2.97. The topological polar surface area (TPSA) is 81.6 Å². The molecule has 92 valence electrons. The lowest BCUT2D eigenvalue weighted by Gasteiger charge is -2.31. The number of piperidine rings is 1. The molecule has 1 aromatic carbocycles. The molecule has 1 saturated heterocycles. The van der Waals surface area contributed by atoms with E-state index in [2.05, 4.69) is 0 Å². The van der Waals surface area contributed by atoms with Gasteiger partial charge in [-0.25, -0.2) is 4.79 Å². The second kappa shape index (κ2) is 4.95. The number of para-hydroxylation sites is 2. The number of carbonyl (C=O) groups is 1. The quantitative estimate of drug-likeness (QED) is 0.755. The van der Waals surface area contributed by atoms with E-state index >= 15 is 0 Å². The van der Waals surface area contributed by atoms with Crippen LogP contribution >= 0.6 is 0 Å². The van der Waals surface area contributed by atoms with E-state index in [-0.39, 0.29) is 12.1 Å². The molecule has 1 fully saturated rings. The molecular weight excluding hydrogens is 218 g/mol. The molecule has 1 heterocycles. The van der Waals surface area contributed by atoms with Crippen LogP contribution in [-0.4, -0.2) is 30.1 Å². The molecule has 0 aromatic heterocycles. The van der Waals surface area contributed by atoms with Crippen molar-refractivity contribution in [2.45, 2.75) is 18.9 Å². The van der Waals surface area contributed by atoms with Crippen LogP contribution < -0.4 is 16.2 Å². The van der Waals surface area contributed by atoms with Crippen LogP contribution in [0.2, 0.25) is 0 Å². The maximum Gasteiger partial charge on any atom is 0.314 e. The van der Waals surface area contributed by atoms with E-state index in [0.29, 0.717) is 24.5 Å². The molecule has 0 radical (unpaired) electrons. The summed E-state index contributed by atoms with van der Waals surface area (Å²) in [5.74, 6) is 0.713. The highest BCUT2D eigenvalue weighted by Crippen LogP contribution is 2.24. The van der Waals surface area contributed by atoms with Gasteiger partial charge in [-0.2, -0.15) is 0 Å². The highest BCUT2D eigenvalue weighted by atomic mass is 16.5. The number of nitrogens with zero attached hydrogens (tertiary/aromatic N) is 1. The van der Waals surface area contributed by atoms with Crippen LogP contribution in [0.25, 0.3) is 0 Å². The van der Waals surface area contributed by atoms with Gasteiger partial charge in [0.05, 0.1) is 5.69 Å². The second-order valence-corrected chi connectivity index (χ2v) is 4.18. The minimum Gasteiger partial charge on any atom is -0.488 e. The van der Waals surface area contributed by atoms with E-state index in [4.69, 9.17) is 16.2 Å². The largest absolute Gasteiger partial charge is 0.488 e. The van der Waals surface area contributed by atoms with E-state index in [1.807, 2.05) is 24.3 Å². The van der Waals surface area contributed by atoms with Crippen LogP contribution in [-0.2, 0) is 0 Å². The lowest BCUT2D eigenvalue weighted by Crippen LogP contribution is -2.44. The van der Waals surface area contributed by atoms with Crippen molar-refractivity contribution < 1.29 is 9.53 Å². The molecule has 0 aliphatic carbocycles. The van der Waals surface area contributed by atoms with Crippen LogP contribution in [0.15, 0.2) is 24.3 Å². The van der Waals surface area contributed by atoms with Gasteiger partial charge in [0.2, 0.25) is 0 Å². The van der Waals surface area contributed by atoms with Crippen LogP contribution in [0.3, 0.4) is 0 Å². The van der Waals surface area contributed by atoms with E-state index in [1.165, 1.54) is 0 Å². The number of amides is 2. The first-order valence-corrected chi connectivity index (χ1v) is 5.72. The van der Waals surface area contributed by atoms with Crippen molar-refractivity contribution >= 4 is 11.7 Å². The zero-order chi connectivity index (χ0) is 12.3. The molecule has 1 aliphatic heterocycles. The summed E-state index contributed by atoms with van der Waals surface area (Å²) in [5, 5.41) is 0. The number of benzene rings is 1. The number of hydrogen-bond donors (Lipinski definition) is 2. The van der Waals surface area contributed by atoms with Crippen LogP contribution in [0.1, 0.15) is 12.8 Å². The number of nitrogens with two attached hydrogens (primary N) is 2. The normalized spacial score (nSPS) is 16.8. The lowest BCUT2D eigenvalue weighted by atomic mass is 10.1. The smallest absolute Gasteiger partial charge is 0.314 e. The third kappa shape index (κ3) is 2.81. The standard InChI is InChI=1S/C12H17N3O2/c13-10-3-1-2-4-11(10)17-9-5-7-15(8-6-9)12(14)16/h1-4,9H,5-8,13H2,(H2,14,16). The molecular formula is C12H17N3O2. The number of hydrogen-bond acceptors (Lipinski definition) is 3. The maximum absolute atomic E-state index is 11.0. The molecule has 0 unspecified atom stereocenters. The van der Waals surface area contributed by atoms with E-state index in [0.717, 1.165) is 12.8 Å². The van der Waals surface area contributed by atoms with Crippen molar-refractivity contribution in [2.24, 2.45) is 5.73 Å². The van der Waals surface area contributed by atoms with Crippen LogP contribution in [0, 0.1) is 0 Å². The molecule has 5 nitrogen and oxygen atoms in total. The Labute approximate surface area is 100 Å². The molecule has 0 spiro atoms. The van der Waals surface area contributed by atoms with Gasteiger partial charge < -0.3 is 21.1 Å². The predicted octanol–water partition coefficient (Wildman–Crippen LogP) is 1.19. The van der Waals surface area contributed by atoms with Gasteiger partial charge in [0.1, 0.15) is 11.9 Å². The Kier molecular flexibility index (Phi) is 3.37. The molecule has 1 aliphatic rings. The highest BCUT2D eigenvalue weighted by Gasteiger charge is 2.22. The van der Waals surface area contributed by atoms with E-state index in [9.17, 15) is 4.79 Å². The van der Waals surface area contributed by atoms with Gasteiger partial charge in [-0.05, 0) is 12.1 Å². The van der Waals surface area contributed by atoms with Crippen molar-refractivity contribution in [3.05, 3.63) is 24.3 Å². The van der Waals surface area contributed by atoms with Crippen molar-refractivity contribution in [1.29, 1.82) is 0 Å². The molecule has 5 heteroatoms. The first kappa shape index (κ1) is 11.6. The molecule has 0 saturated carbocycles. The molecule has 0 atom stereocenters. The predicted molar refractivity (Wildman–Crippen MR) is 65.7 cm³/mol. The zero-order valence-corrected chi connectivity index (χ0v) is 9.63. The Morgan fingerprint density at radius 1 is 1.29 bits per heavy atom. The average Bonchev–Trinajstić information content (AvgIpc) is 2.33. The van der Waals surface area contributed by atoms with Gasteiger partial charge in [-0.1, -0.05) is 12.1 Å². The van der Waals surface area contributed by atoms with Gasteiger partial charge in [-0.15, -0.1) is 0 Å². The fraction of sp³-hybridized carbons (Fsp3) is 0.417. The number of rotatable bonds is 2. The van der Waals surface area contributed by atoms with E-state index in [1.54, 1.807) is 4.90 Å². The Bertz CT molecular complexity index is 400. The van der Waals surface area contributed by atoms with Gasteiger partial charge in [0, 0.05) is 25.9 Å². The summed E-state index contributed by atoms with van der Waals surface area (Å²) >= 11 is 0. The van der Waals surface area contributed by atoms with Crippen molar-refractivity contribution in [2.75, 3.05) is 18.8 Å². The van der Waals surface area contributed by atoms with Gasteiger partial charge in [-0.3, -0.25) is 0 Å². The maximum atomic E-state index is 11.0. The minimum atomic E-state index is -0.359. The molecule has 4 N–H and O–H groups in total. The van der Waals surface area contributed by atoms with E-state index < -0.39 is 0 Å². The van der Waals surface area contributed by atoms with Crippen molar-refractivity contribution in [3.8, 4) is 5.75 Å². The average molecular weight is 235 g/mol. The van der Waals surface area contributed by atoms with Gasteiger partial charge in [0.25, 0.3) is 0 Å². The number of urea groups is 1. The zero-order valence-electron chi connectivity index (χ0n) is 9.63. The summed E-state index contributed by atoms with van der Waals surface area (Å²) in [5.41, 5.74) is 11.7. The summed E-state index contributed by atoms with van der Waals surface area (Å²) < 4.78 is 5.81. The Hall–Kier alpha value is -1.91. The fourth-order valence-electron chi connectivity index (χ4n) is 1.96. The summed E-state index contributed by atoms with van der Waals surface area (Å²) in [7, 11) is 0.